The number of hydrogen-bond acceptors (Lipinski definition) is 4. The molecule has 1 aromatic heterocycles. The molecule has 2 aromatic rings. The molecule has 5 heteroatoms. The molecule has 1 unspecified atom stereocenters. The Labute approximate surface area is 116 Å². The van der Waals surface area contributed by atoms with Crippen molar-refractivity contribution in [3.8, 4) is 5.75 Å². The van der Waals surface area contributed by atoms with E-state index in [1.807, 2.05) is 5.38 Å². The predicted octanol–water partition coefficient (Wildman–Crippen LogP) is 3.38. The molecule has 1 heterocycles. The zero-order chi connectivity index (χ0) is 13.7. The summed E-state index contributed by atoms with van der Waals surface area (Å²) >= 11 is 1.51. The second-order valence-corrected chi connectivity index (χ2v) is 4.88. The van der Waals surface area contributed by atoms with E-state index in [-0.39, 0.29) is 17.6 Å². The van der Waals surface area contributed by atoms with Crippen LogP contribution in [0.5, 0.6) is 5.75 Å². The monoisotopic (exact) mass is 280 g/mol. The molecule has 0 aliphatic rings. The number of aromatic nitrogens is 1. The zero-order valence-corrected chi connectivity index (χ0v) is 11.8. The third-order valence-corrected chi connectivity index (χ3v) is 3.47. The number of thiazole rings is 1. The zero-order valence-electron chi connectivity index (χ0n) is 11.0. The van der Waals surface area contributed by atoms with Gasteiger partial charge in [0.25, 0.3) is 0 Å². The van der Waals surface area contributed by atoms with Gasteiger partial charge in [0.05, 0.1) is 24.4 Å². The van der Waals surface area contributed by atoms with E-state index >= 15 is 0 Å². The Morgan fingerprint density at radius 3 is 2.95 bits per heavy atom. The highest BCUT2D eigenvalue weighted by atomic mass is 32.1. The van der Waals surface area contributed by atoms with Crippen molar-refractivity contribution >= 4 is 11.3 Å². The lowest BCUT2D eigenvalue weighted by molar-refractivity contribution is 0.381. The summed E-state index contributed by atoms with van der Waals surface area (Å²) in [6.07, 6.45) is 0.978. The Bertz CT molecular complexity index is 516. The standard InChI is InChI=1S/C14H17FN2OS/c1-3-7-16-14(11-8-19-9-17-11)10-5-4-6-12(18-2)13(10)15/h4-6,8-9,14,16H,3,7H2,1-2H3. The molecule has 0 radical (unpaired) electrons. The molecular formula is C14H17FN2OS. The van der Waals surface area contributed by atoms with Crippen molar-refractivity contribution in [2.75, 3.05) is 13.7 Å². The highest BCUT2D eigenvalue weighted by Gasteiger charge is 2.21. The minimum atomic E-state index is -0.327. The Morgan fingerprint density at radius 1 is 1.47 bits per heavy atom. The number of methoxy groups -OCH3 is 1. The maximum atomic E-state index is 14.4. The smallest absolute Gasteiger partial charge is 0.170 e. The Kier molecular flexibility index (Phi) is 4.87. The summed E-state index contributed by atoms with van der Waals surface area (Å²) < 4.78 is 19.4. The van der Waals surface area contributed by atoms with E-state index in [2.05, 4.69) is 17.2 Å². The van der Waals surface area contributed by atoms with Crippen molar-refractivity contribution in [3.05, 3.63) is 46.2 Å². The Hall–Kier alpha value is -1.46. The molecule has 19 heavy (non-hydrogen) atoms. The molecule has 0 fully saturated rings. The van der Waals surface area contributed by atoms with Gasteiger partial charge in [0.15, 0.2) is 11.6 Å². The summed E-state index contributed by atoms with van der Waals surface area (Å²) in [6.45, 7) is 2.88. The van der Waals surface area contributed by atoms with Crippen molar-refractivity contribution in [2.24, 2.45) is 0 Å². The summed E-state index contributed by atoms with van der Waals surface area (Å²) in [6, 6.07) is 4.95. The number of hydrogen-bond donors (Lipinski definition) is 1. The van der Waals surface area contributed by atoms with Crippen LogP contribution in [0, 0.1) is 5.82 Å². The third-order valence-electron chi connectivity index (χ3n) is 2.87. The second kappa shape index (κ2) is 6.63. The Balaban J connectivity index is 2.38. The third kappa shape index (κ3) is 3.11. The average molecular weight is 280 g/mol. The number of nitrogens with one attached hydrogen (secondary N) is 1. The van der Waals surface area contributed by atoms with Crippen LogP contribution >= 0.6 is 11.3 Å². The fraction of sp³-hybridized carbons (Fsp3) is 0.357. The van der Waals surface area contributed by atoms with Crippen LogP contribution in [0.15, 0.2) is 29.1 Å². The minimum Gasteiger partial charge on any atom is -0.494 e. The van der Waals surface area contributed by atoms with Crippen LogP contribution in [-0.2, 0) is 0 Å². The van der Waals surface area contributed by atoms with Gasteiger partial charge in [0, 0.05) is 10.9 Å². The molecule has 0 saturated heterocycles. The van der Waals surface area contributed by atoms with E-state index < -0.39 is 0 Å². The maximum Gasteiger partial charge on any atom is 0.170 e. The summed E-state index contributed by atoms with van der Waals surface area (Å²) in [5.74, 6) is -0.0670. The summed E-state index contributed by atoms with van der Waals surface area (Å²) in [5.41, 5.74) is 3.16. The van der Waals surface area contributed by atoms with Crippen LogP contribution in [0.1, 0.15) is 30.6 Å². The van der Waals surface area contributed by atoms with Crippen LogP contribution in [0.25, 0.3) is 0 Å². The molecule has 102 valence electrons. The summed E-state index contributed by atoms with van der Waals surface area (Å²) in [5, 5.41) is 5.27. The number of rotatable bonds is 6. The van der Waals surface area contributed by atoms with Gasteiger partial charge in [0.1, 0.15) is 0 Å². The summed E-state index contributed by atoms with van der Waals surface area (Å²) in [7, 11) is 1.47. The number of nitrogens with zero attached hydrogens (tertiary/aromatic N) is 1. The van der Waals surface area contributed by atoms with Gasteiger partial charge in [-0.1, -0.05) is 19.1 Å². The number of ether oxygens (including phenoxy) is 1. The normalized spacial score (nSPS) is 12.4. The predicted molar refractivity (Wildman–Crippen MR) is 75.2 cm³/mol. The fourth-order valence-corrected chi connectivity index (χ4v) is 2.52. The minimum absolute atomic E-state index is 0.235. The molecule has 3 nitrogen and oxygen atoms in total. The maximum absolute atomic E-state index is 14.4. The fourth-order valence-electron chi connectivity index (χ4n) is 1.94. The van der Waals surface area contributed by atoms with Crippen molar-refractivity contribution in [3.63, 3.8) is 0 Å². The first-order valence-corrected chi connectivity index (χ1v) is 7.16. The molecule has 0 aliphatic carbocycles. The molecule has 2 rings (SSSR count). The van der Waals surface area contributed by atoms with E-state index in [4.69, 9.17) is 4.74 Å². The van der Waals surface area contributed by atoms with E-state index in [9.17, 15) is 4.39 Å². The first-order chi connectivity index (χ1) is 9.27. The molecule has 0 amide bonds. The highest BCUT2D eigenvalue weighted by Crippen LogP contribution is 2.29. The topological polar surface area (TPSA) is 34.2 Å². The Morgan fingerprint density at radius 2 is 2.32 bits per heavy atom. The molecule has 1 atom stereocenters. The van der Waals surface area contributed by atoms with E-state index in [1.165, 1.54) is 18.4 Å². The van der Waals surface area contributed by atoms with Crippen LogP contribution in [0.3, 0.4) is 0 Å². The van der Waals surface area contributed by atoms with Crippen LogP contribution in [0.2, 0.25) is 0 Å². The molecule has 0 saturated carbocycles. The lowest BCUT2D eigenvalue weighted by Crippen LogP contribution is -2.24. The van der Waals surface area contributed by atoms with E-state index in [0.717, 1.165) is 18.7 Å². The molecule has 0 spiro atoms. The molecular weight excluding hydrogens is 263 g/mol. The van der Waals surface area contributed by atoms with Gasteiger partial charge < -0.3 is 10.1 Å². The van der Waals surface area contributed by atoms with Gasteiger partial charge in [-0.15, -0.1) is 11.3 Å². The first-order valence-electron chi connectivity index (χ1n) is 6.21. The van der Waals surface area contributed by atoms with Crippen molar-refractivity contribution in [2.45, 2.75) is 19.4 Å². The average Bonchev–Trinajstić information content (AvgIpc) is 2.95. The van der Waals surface area contributed by atoms with Crippen molar-refractivity contribution in [1.29, 1.82) is 0 Å². The van der Waals surface area contributed by atoms with Crippen LogP contribution in [-0.4, -0.2) is 18.6 Å². The molecule has 0 bridgehead atoms. The van der Waals surface area contributed by atoms with Crippen LogP contribution in [0.4, 0.5) is 4.39 Å². The number of halogens is 1. The first kappa shape index (κ1) is 14.0. The molecule has 1 N–H and O–H groups in total. The van der Waals surface area contributed by atoms with Gasteiger partial charge in [0.2, 0.25) is 0 Å². The van der Waals surface area contributed by atoms with Crippen molar-refractivity contribution < 1.29 is 9.13 Å². The van der Waals surface area contributed by atoms with E-state index in [1.54, 1.807) is 23.7 Å². The second-order valence-electron chi connectivity index (χ2n) is 4.16. The van der Waals surface area contributed by atoms with Gasteiger partial charge in [-0.2, -0.15) is 0 Å². The lowest BCUT2D eigenvalue weighted by atomic mass is 10.0. The van der Waals surface area contributed by atoms with Gasteiger partial charge >= 0.3 is 0 Å². The van der Waals surface area contributed by atoms with Gasteiger partial charge in [-0.05, 0) is 19.0 Å². The summed E-state index contributed by atoms with van der Waals surface area (Å²) in [4.78, 5) is 4.29. The highest BCUT2D eigenvalue weighted by molar-refractivity contribution is 7.07. The quantitative estimate of drug-likeness (QED) is 0.881. The number of benzene rings is 1. The molecule has 0 aliphatic heterocycles. The largest absolute Gasteiger partial charge is 0.494 e. The van der Waals surface area contributed by atoms with Gasteiger partial charge in [-0.3, -0.25) is 0 Å². The van der Waals surface area contributed by atoms with Gasteiger partial charge in [-0.25, -0.2) is 9.37 Å². The lowest BCUT2D eigenvalue weighted by Gasteiger charge is -2.18. The molecule has 1 aromatic carbocycles. The van der Waals surface area contributed by atoms with Crippen LogP contribution < -0.4 is 10.1 Å². The SMILES string of the molecule is CCCNC(c1cscn1)c1cccc(OC)c1F. The van der Waals surface area contributed by atoms with E-state index in [0.29, 0.717) is 5.56 Å². The van der Waals surface area contributed by atoms with Crippen molar-refractivity contribution in [1.82, 2.24) is 10.3 Å².